The Labute approximate surface area is 176 Å². The third kappa shape index (κ3) is 3.92. The van der Waals surface area contributed by atoms with Gasteiger partial charge in [-0.3, -0.25) is 4.79 Å². The Kier molecular flexibility index (Phi) is 5.80. The molecule has 0 fully saturated rings. The van der Waals surface area contributed by atoms with Crippen LogP contribution in [-0.4, -0.2) is 42.8 Å². The third-order valence-electron chi connectivity index (χ3n) is 5.23. The van der Waals surface area contributed by atoms with Crippen LogP contribution in [0.4, 0.5) is 0 Å². The summed E-state index contributed by atoms with van der Waals surface area (Å²) in [7, 11) is 1.64. The van der Waals surface area contributed by atoms with Gasteiger partial charge in [-0.15, -0.1) is 6.58 Å². The summed E-state index contributed by atoms with van der Waals surface area (Å²) in [5.41, 5.74) is 2.42. The number of oxime groups is 1. The lowest BCUT2D eigenvalue weighted by Crippen LogP contribution is -2.38. The van der Waals surface area contributed by atoms with E-state index in [4.69, 9.17) is 9.57 Å². The Morgan fingerprint density at radius 3 is 2.77 bits per heavy atom. The fourth-order valence-corrected chi connectivity index (χ4v) is 3.79. The number of methoxy groups -OCH3 is 1. The van der Waals surface area contributed by atoms with E-state index >= 15 is 0 Å². The first kappa shape index (κ1) is 19.7. The first-order chi connectivity index (χ1) is 14.7. The monoisotopic (exact) mass is 400 g/mol. The lowest BCUT2D eigenvalue weighted by atomic mass is 10.0. The van der Waals surface area contributed by atoms with Crippen molar-refractivity contribution in [2.24, 2.45) is 5.16 Å². The van der Waals surface area contributed by atoms with Crippen molar-refractivity contribution in [3.05, 3.63) is 90.5 Å². The van der Waals surface area contributed by atoms with Gasteiger partial charge in [0.15, 0.2) is 6.10 Å². The Bertz CT molecular complexity index is 1100. The summed E-state index contributed by atoms with van der Waals surface area (Å²) in [5, 5.41) is 6.25. The number of hydrogen-bond donors (Lipinski definition) is 0. The van der Waals surface area contributed by atoms with Crippen molar-refractivity contribution in [2.75, 3.05) is 20.2 Å². The van der Waals surface area contributed by atoms with Gasteiger partial charge in [-0.1, -0.05) is 59.8 Å². The molecule has 1 heterocycles. The molecular weight excluding hydrogens is 376 g/mol. The van der Waals surface area contributed by atoms with E-state index in [0.29, 0.717) is 25.1 Å². The predicted molar refractivity (Wildman–Crippen MR) is 119 cm³/mol. The third-order valence-corrected chi connectivity index (χ3v) is 5.23. The molecule has 3 aromatic rings. The fourth-order valence-electron chi connectivity index (χ4n) is 3.79. The van der Waals surface area contributed by atoms with Gasteiger partial charge in [0, 0.05) is 24.1 Å². The number of benzene rings is 3. The minimum Gasteiger partial charge on any atom is -0.496 e. The van der Waals surface area contributed by atoms with Crippen LogP contribution >= 0.6 is 0 Å². The molecule has 1 aliphatic heterocycles. The molecule has 0 saturated heterocycles. The van der Waals surface area contributed by atoms with E-state index < -0.39 is 0 Å². The molecule has 0 spiro atoms. The molecule has 0 aliphatic carbocycles. The Hall–Kier alpha value is -3.60. The highest BCUT2D eigenvalue weighted by Crippen LogP contribution is 2.26. The molecule has 0 saturated carbocycles. The molecule has 30 heavy (non-hydrogen) atoms. The highest BCUT2D eigenvalue weighted by molar-refractivity contribution is 6.07. The van der Waals surface area contributed by atoms with E-state index in [1.165, 1.54) is 0 Å². The largest absolute Gasteiger partial charge is 0.496 e. The zero-order valence-corrected chi connectivity index (χ0v) is 17.0. The summed E-state index contributed by atoms with van der Waals surface area (Å²) in [6, 6.07) is 21.4. The number of ether oxygens (including phenoxy) is 1. The van der Waals surface area contributed by atoms with Crippen LogP contribution in [0.25, 0.3) is 10.8 Å². The maximum Gasteiger partial charge on any atom is 0.254 e. The van der Waals surface area contributed by atoms with Gasteiger partial charge in [-0.2, -0.15) is 0 Å². The van der Waals surface area contributed by atoms with Gasteiger partial charge in [0.05, 0.1) is 19.4 Å². The predicted octanol–water partition coefficient (Wildman–Crippen LogP) is 4.67. The van der Waals surface area contributed by atoms with Crippen molar-refractivity contribution < 1.29 is 14.4 Å². The molecule has 0 radical (unpaired) electrons. The van der Waals surface area contributed by atoms with Gasteiger partial charge in [0.1, 0.15) is 5.75 Å². The van der Waals surface area contributed by atoms with E-state index in [0.717, 1.165) is 27.8 Å². The molecule has 0 aromatic heterocycles. The number of para-hydroxylation sites is 1. The molecule has 5 heteroatoms. The number of hydrogen-bond acceptors (Lipinski definition) is 4. The lowest BCUT2D eigenvalue weighted by molar-refractivity contribution is 0.0451. The minimum atomic E-state index is -0.219. The molecule has 1 amide bonds. The normalized spacial score (nSPS) is 15.4. The highest BCUT2D eigenvalue weighted by Gasteiger charge is 2.28. The number of carbonyl (C=O) groups is 1. The van der Waals surface area contributed by atoms with E-state index in [2.05, 4.69) is 11.7 Å². The van der Waals surface area contributed by atoms with Gasteiger partial charge >= 0.3 is 0 Å². The summed E-state index contributed by atoms with van der Waals surface area (Å²) in [5.74, 6) is 0.719. The SMILES string of the molecule is C=CCN(CC1CC(c2ccccc2OC)=NO1)C(=O)c1cccc2ccccc12. The first-order valence-electron chi connectivity index (χ1n) is 9.95. The second kappa shape index (κ2) is 8.82. The number of amides is 1. The summed E-state index contributed by atoms with van der Waals surface area (Å²) >= 11 is 0. The molecule has 1 aliphatic rings. The summed E-state index contributed by atoms with van der Waals surface area (Å²) in [6.07, 6.45) is 2.13. The first-order valence-corrected chi connectivity index (χ1v) is 9.95. The molecule has 1 atom stereocenters. The number of fused-ring (bicyclic) bond motifs is 1. The van der Waals surface area contributed by atoms with Crippen LogP contribution in [0.3, 0.4) is 0 Å². The molecule has 0 bridgehead atoms. The zero-order valence-electron chi connectivity index (χ0n) is 17.0. The fraction of sp³-hybridized carbons (Fsp3) is 0.200. The second-order valence-corrected chi connectivity index (χ2v) is 7.20. The topological polar surface area (TPSA) is 51.1 Å². The van der Waals surface area contributed by atoms with Crippen LogP contribution in [0.1, 0.15) is 22.3 Å². The van der Waals surface area contributed by atoms with Crippen LogP contribution in [0.2, 0.25) is 0 Å². The maximum atomic E-state index is 13.4. The molecule has 1 unspecified atom stereocenters. The van der Waals surface area contributed by atoms with Crippen LogP contribution in [0, 0.1) is 0 Å². The Morgan fingerprint density at radius 1 is 1.17 bits per heavy atom. The Balaban J connectivity index is 1.52. The lowest BCUT2D eigenvalue weighted by Gasteiger charge is -2.24. The zero-order chi connectivity index (χ0) is 20.9. The summed E-state index contributed by atoms with van der Waals surface area (Å²) in [6.45, 7) is 4.68. The molecular formula is C25H24N2O3. The quantitative estimate of drug-likeness (QED) is 0.542. The van der Waals surface area contributed by atoms with Crippen molar-refractivity contribution in [1.29, 1.82) is 0 Å². The molecule has 4 rings (SSSR count). The minimum absolute atomic E-state index is 0.0407. The number of rotatable bonds is 7. The average molecular weight is 400 g/mol. The van der Waals surface area contributed by atoms with Crippen LogP contribution in [0.5, 0.6) is 5.75 Å². The van der Waals surface area contributed by atoms with Crippen LogP contribution in [0.15, 0.2) is 84.5 Å². The number of nitrogens with zero attached hydrogens (tertiary/aromatic N) is 2. The Morgan fingerprint density at radius 2 is 1.93 bits per heavy atom. The van der Waals surface area contributed by atoms with Crippen molar-refractivity contribution in [3.8, 4) is 5.75 Å². The molecule has 3 aromatic carbocycles. The van der Waals surface area contributed by atoms with E-state index in [9.17, 15) is 4.79 Å². The highest BCUT2D eigenvalue weighted by atomic mass is 16.6. The maximum absolute atomic E-state index is 13.4. The van der Waals surface area contributed by atoms with E-state index in [1.54, 1.807) is 18.1 Å². The van der Waals surface area contributed by atoms with Gasteiger partial charge in [0.25, 0.3) is 5.91 Å². The second-order valence-electron chi connectivity index (χ2n) is 7.20. The average Bonchev–Trinajstić information content (AvgIpc) is 3.26. The van der Waals surface area contributed by atoms with Crippen molar-refractivity contribution in [3.63, 3.8) is 0 Å². The summed E-state index contributed by atoms with van der Waals surface area (Å²) < 4.78 is 5.44. The van der Waals surface area contributed by atoms with Crippen LogP contribution in [-0.2, 0) is 4.84 Å². The smallest absolute Gasteiger partial charge is 0.254 e. The van der Waals surface area contributed by atoms with Gasteiger partial charge in [0.2, 0.25) is 0 Å². The molecule has 152 valence electrons. The number of carbonyl (C=O) groups excluding carboxylic acids is 1. The standard InChI is InChI=1S/C25H24N2O3/c1-3-15-27(25(28)21-13-8-10-18-9-4-5-11-20(18)21)17-19-16-23(26-30-19)22-12-6-7-14-24(22)29-2/h3-14,19H,1,15-17H2,2H3. The van der Waals surface area contributed by atoms with E-state index in [1.807, 2.05) is 66.7 Å². The van der Waals surface area contributed by atoms with Crippen molar-refractivity contribution in [1.82, 2.24) is 4.90 Å². The van der Waals surface area contributed by atoms with Crippen molar-refractivity contribution in [2.45, 2.75) is 12.5 Å². The van der Waals surface area contributed by atoms with Gasteiger partial charge in [-0.25, -0.2) is 0 Å². The molecule has 0 N–H and O–H groups in total. The van der Waals surface area contributed by atoms with E-state index in [-0.39, 0.29) is 12.0 Å². The molecule has 5 nitrogen and oxygen atoms in total. The van der Waals surface area contributed by atoms with Gasteiger partial charge in [-0.05, 0) is 29.0 Å². The van der Waals surface area contributed by atoms with Gasteiger partial charge < -0.3 is 14.5 Å². The van der Waals surface area contributed by atoms with Crippen molar-refractivity contribution >= 4 is 22.4 Å². The van der Waals surface area contributed by atoms with Crippen LogP contribution < -0.4 is 4.74 Å². The summed E-state index contributed by atoms with van der Waals surface area (Å²) in [4.78, 5) is 20.8.